The molecule has 0 radical (unpaired) electrons. The van der Waals surface area contributed by atoms with Crippen molar-refractivity contribution in [2.75, 3.05) is 13.2 Å². The van der Waals surface area contributed by atoms with Crippen molar-refractivity contribution in [1.29, 1.82) is 0 Å². The molecule has 0 saturated carbocycles. The van der Waals surface area contributed by atoms with Gasteiger partial charge in [-0.3, -0.25) is 14.4 Å². The second kappa shape index (κ2) is 48.9. The van der Waals surface area contributed by atoms with Crippen molar-refractivity contribution < 1.29 is 28.6 Å². The highest BCUT2D eigenvalue weighted by Gasteiger charge is 2.19. The Morgan fingerprint density at radius 2 is 0.613 bits per heavy atom. The van der Waals surface area contributed by atoms with Crippen LogP contribution >= 0.6 is 0 Å². The highest BCUT2D eigenvalue weighted by atomic mass is 16.6. The van der Waals surface area contributed by atoms with Crippen molar-refractivity contribution in [3.05, 3.63) is 0 Å². The van der Waals surface area contributed by atoms with Gasteiger partial charge in [0.1, 0.15) is 13.2 Å². The first kappa shape index (κ1) is 60.4. The SMILES string of the molecule is CCCCCCCCCCCCCCC(=O)O[C@@H](COC(=O)CCCCCCCCCCCCCCCCCC(C)C)COC(=O)CCCCCCCCCCCCC(C)CC. The van der Waals surface area contributed by atoms with E-state index in [4.69, 9.17) is 14.2 Å². The van der Waals surface area contributed by atoms with E-state index >= 15 is 0 Å². The summed E-state index contributed by atoms with van der Waals surface area (Å²) in [6.07, 6.45) is 50.8. The Kier molecular flexibility index (Phi) is 47.6. The van der Waals surface area contributed by atoms with E-state index in [1.165, 1.54) is 199 Å². The van der Waals surface area contributed by atoms with Gasteiger partial charge in [0.25, 0.3) is 0 Å². The van der Waals surface area contributed by atoms with E-state index in [9.17, 15) is 14.4 Å². The quantitative estimate of drug-likeness (QED) is 0.0344. The van der Waals surface area contributed by atoms with Gasteiger partial charge < -0.3 is 14.2 Å². The molecule has 62 heavy (non-hydrogen) atoms. The standard InChI is InChI=1S/C56H108O6/c1-6-8-9-10-11-12-13-20-28-33-38-43-48-56(59)62-53(50-61-55(58)47-42-37-32-27-23-22-25-30-35-40-45-52(5)7-2)49-60-54(57)46-41-36-31-26-21-18-16-14-15-17-19-24-29-34-39-44-51(3)4/h51-53H,6-50H2,1-5H3/t52?,53-/m0/s1. The van der Waals surface area contributed by atoms with E-state index in [1.807, 2.05) is 0 Å². The van der Waals surface area contributed by atoms with Gasteiger partial charge in [-0.05, 0) is 31.1 Å². The van der Waals surface area contributed by atoms with Gasteiger partial charge in [-0.2, -0.15) is 0 Å². The van der Waals surface area contributed by atoms with Crippen molar-refractivity contribution in [2.45, 2.75) is 317 Å². The Morgan fingerprint density at radius 3 is 0.919 bits per heavy atom. The third kappa shape index (κ3) is 47.9. The smallest absolute Gasteiger partial charge is 0.306 e. The summed E-state index contributed by atoms with van der Waals surface area (Å²) in [5.74, 6) is 0.876. The topological polar surface area (TPSA) is 78.9 Å². The second-order valence-electron chi connectivity index (χ2n) is 19.9. The Bertz CT molecular complexity index is 949. The normalized spacial score (nSPS) is 12.5. The first-order valence-electron chi connectivity index (χ1n) is 27.8. The Morgan fingerprint density at radius 1 is 0.339 bits per heavy atom. The van der Waals surface area contributed by atoms with Crippen LogP contribution in [-0.2, 0) is 28.6 Å². The summed E-state index contributed by atoms with van der Waals surface area (Å²) in [5, 5.41) is 0. The molecule has 368 valence electrons. The number of ether oxygens (including phenoxy) is 3. The summed E-state index contributed by atoms with van der Waals surface area (Å²) >= 11 is 0. The highest BCUT2D eigenvalue weighted by Crippen LogP contribution is 2.18. The zero-order valence-corrected chi connectivity index (χ0v) is 42.5. The number of carbonyl (C=O) groups excluding carboxylic acids is 3. The molecule has 6 nitrogen and oxygen atoms in total. The van der Waals surface area contributed by atoms with Gasteiger partial charge in [0.15, 0.2) is 6.10 Å². The largest absolute Gasteiger partial charge is 0.462 e. The predicted molar refractivity (Wildman–Crippen MR) is 266 cm³/mol. The van der Waals surface area contributed by atoms with Crippen molar-refractivity contribution in [3.63, 3.8) is 0 Å². The third-order valence-electron chi connectivity index (χ3n) is 13.1. The first-order chi connectivity index (χ1) is 30.3. The minimum Gasteiger partial charge on any atom is -0.462 e. The summed E-state index contributed by atoms with van der Waals surface area (Å²) in [6, 6.07) is 0. The van der Waals surface area contributed by atoms with Crippen molar-refractivity contribution >= 4 is 17.9 Å². The molecule has 0 N–H and O–H groups in total. The van der Waals surface area contributed by atoms with Gasteiger partial charge in [-0.15, -0.1) is 0 Å². The van der Waals surface area contributed by atoms with Crippen LogP contribution < -0.4 is 0 Å². The molecule has 0 amide bonds. The average Bonchev–Trinajstić information content (AvgIpc) is 3.26. The van der Waals surface area contributed by atoms with Gasteiger partial charge in [0.05, 0.1) is 0 Å². The molecule has 0 aliphatic rings. The summed E-state index contributed by atoms with van der Waals surface area (Å²) in [4.78, 5) is 38.0. The lowest BCUT2D eigenvalue weighted by Gasteiger charge is -2.18. The third-order valence-corrected chi connectivity index (χ3v) is 13.1. The summed E-state index contributed by atoms with van der Waals surface area (Å²) in [5.41, 5.74) is 0. The maximum atomic E-state index is 12.8. The molecule has 0 aliphatic carbocycles. The van der Waals surface area contributed by atoms with Crippen LogP contribution in [-0.4, -0.2) is 37.2 Å². The maximum Gasteiger partial charge on any atom is 0.306 e. The molecule has 0 rings (SSSR count). The molecule has 0 aliphatic heterocycles. The maximum absolute atomic E-state index is 12.8. The monoisotopic (exact) mass is 877 g/mol. The summed E-state index contributed by atoms with van der Waals surface area (Å²) in [7, 11) is 0. The lowest BCUT2D eigenvalue weighted by atomic mass is 9.99. The zero-order chi connectivity index (χ0) is 45.4. The average molecular weight is 877 g/mol. The van der Waals surface area contributed by atoms with Gasteiger partial charge in [0.2, 0.25) is 0 Å². The second-order valence-corrected chi connectivity index (χ2v) is 19.9. The van der Waals surface area contributed by atoms with E-state index in [0.29, 0.717) is 19.3 Å². The first-order valence-corrected chi connectivity index (χ1v) is 27.8. The van der Waals surface area contributed by atoms with E-state index < -0.39 is 6.10 Å². The Hall–Kier alpha value is -1.59. The van der Waals surface area contributed by atoms with Gasteiger partial charge >= 0.3 is 17.9 Å². The van der Waals surface area contributed by atoms with Crippen LogP contribution in [0.15, 0.2) is 0 Å². The molecule has 0 aromatic rings. The fourth-order valence-electron chi connectivity index (χ4n) is 8.49. The van der Waals surface area contributed by atoms with Gasteiger partial charge in [-0.1, -0.05) is 272 Å². The van der Waals surface area contributed by atoms with Crippen LogP contribution in [0.1, 0.15) is 311 Å². The minimum absolute atomic E-state index is 0.0630. The molecule has 0 fully saturated rings. The van der Waals surface area contributed by atoms with E-state index in [2.05, 4.69) is 34.6 Å². The molecular weight excluding hydrogens is 769 g/mol. The lowest BCUT2D eigenvalue weighted by Crippen LogP contribution is -2.30. The van der Waals surface area contributed by atoms with Crippen LogP contribution in [0.5, 0.6) is 0 Å². The lowest BCUT2D eigenvalue weighted by molar-refractivity contribution is -0.167. The van der Waals surface area contributed by atoms with Gasteiger partial charge in [-0.25, -0.2) is 0 Å². The molecular formula is C56H108O6. The van der Waals surface area contributed by atoms with Crippen LogP contribution in [0.2, 0.25) is 0 Å². The highest BCUT2D eigenvalue weighted by molar-refractivity contribution is 5.71. The molecule has 0 saturated heterocycles. The number of rotatable bonds is 50. The molecule has 0 bridgehead atoms. The minimum atomic E-state index is -0.762. The zero-order valence-electron chi connectivity index (χ0n) is 42.5. The van der Waals surface area contributed by atoms with Gasteiger partial charge in [0, 0.05) is 19.3 Å². The van der Waals surface area contributed by atoms with E-state index in [1.54, 1.807) is 0 Å². The molecule has 0 heterocycles. The fraction of sp³-hybridized carbons (Fsp3) is 0.946. The predicted octanol–water partition coefficient (Wildman–Crippen LogP) is 18.1. The summed E-state index contributed by atoms with van der Waals surface area (Å²) < 4.78 is 16.9. The molecule has 2 atom stereocenters. The van der Waals surface area contributed by atoms with Crippen LogP contribution in [0.3, 0.4) is 0 Å². The molecule has 0 aromatic carbocycles. The Balaban J connectivity index is 4.28. The number of hydrogen-bond donors (Lipinski definition) is 0. The Labute approximate surface area is 387 Å². The van der Waals surface area contributed by atoms with Crippen LogP contribution in [0.25, 0.3) is 0 Å². The van der Waals surface area contributed by atoms with E-state index in [0.717, 1.165) is 69.6 Å². The molecule has 1 unspecified atom stereocenters. The number of hydrogen-bond acceptors (Lipinski definition) is 6. The molecule has 0 spiro atoms. The number of unbranched alkanes of at least 4 members (excludes halogenated alkanes) is 34. The van der Waals surface area contributed by atoms with Crippen molar-refractivity contribution in [1.82, 2.24) is 0 Å². The van der Waals surface area contributed by atoms with Crippen molar-refractivity contribution in [2.24, 2.45) is 11.8 Å². The molecule has 0 aromatic heterocycles. The summed E-state index contributed by atoms with van der Waals surface area (Å²) in [6.45, 7) is 11.4. The van der Waals surface area contributed by atoms with Crippen molar-refractivity contribution in [3.8, 4) is 0 Å². The van der Waals surface area contributed by atoms with Crippen LogP contribution in [0, 0.1) is 11.8 Å². The number of esters is 3. The van der Waals surface area contributed by atoms with E-state index in [-0.39, 0.29) is 31.1 Å². The van der Waals surface area contributed by atoms with Crippen LogP contribution in [0.4, 0.5) is 0 Å². The number of carbonyl (C=O) groups is 3. The molecule has 6 heteroatoms. The fourth-order valence-corrected chi connectivity index (χ4v) is 8.49.